The Hall–Kier alpha value is -1.97. The smallest absolute Gasteiger partial charge is 0.230 e. The molecule has 0 saturated carbocycles. The number of fused-ring (bicyclic) bond motifs is 2. The summed E-state index contributed by atoms with van der Waals surface area (Å²) in [6.07, 6.45) is 2.06. The second kappa shape index (κ2) is 2.51. The Morgan fingerprint density at radius 2 is 2.36 bits per heavy atom. The molecule has 4 heteroatoms. The van der Waals surface area contributed by atoms with Crippen LogP contribution in [0.5, 0.6) is 0 Å². The largest absolute Gasteiger partial charge is 0.324 e. The van der Waals surface area contributed by atoms with Crippen molar-refractivity contribution in [1.82, 2.24) is 9.97 Å². The van der Waals surface area contributed by atoms with Crippen LogP contribution in [0.4, 0.5) is 5.69 Å². The molecule has 0 radical (unpaired) electrons. The highest BCUT2D eigenvalue weighted by molar-refractivity contribution is 6.00. The number of hydrogen-bond acceptors (Lipinski definition) is 3. The number of nitrogens with zero attached hydrogens (tertiary/aromatic N) is 2. The van der Waals surface area contributed by atoms with Gasteiger partial charge in [-0.25, -0.2) is 9.97 Å². The summed E-state index contributed by atoms with van der Waals surface area (Å²) in [7, 11) is 0. The summed E-state index contributed by atoms with van der Waals surface area (Å²) in [5.41, 5.74) is 2.31. The highest BCUT2D eigenvalue weighted by atomic mass is 16.1. The van der Waals surface area contributed by atoms with Crippen molar-refractivity contribution in [2.75, 3.05) is 5.32 Å². The summed E-state index contributed by atoms with van der Waals surface area (Å²) in [6.45, 7) is 0. The lowest BCUT2D eigenvalue weighted by Gasteiger charge is -1.99. The number of anilines is 1. The molecule has 1 amide bonds. The molecule has 14 heavy (non-hydrogen) atoms. The standard InChI is InChI=1S/C10H7N3O/c14-9-5-8-7(12-9)4-6-2-1-3-11-10(6)13-8/h1-4H,5H2,(H,12,14). The average Bonchev–Trinajstić information content (AvgIpc) is 2.53. The van der Waals surface area contributed by atoms with Crippen molar-refractivity contribution in [3.63, 3.8) is 0 Å². The minimum absolute atomic E-state index is 0.00260. The van der Waals surface area contributed by atoms with Crippen molar-refractivity contribution in [2.45, 2.75) is 6.42 Å². The normalized spacial score (nSPS) is 14.1. The Bertz CT molecular complexity index is 489. The number of hydrogen-bond donors (Lipinski definition) is 1. The minimum atomic E-state index is 0.00260. The molecule has 3 rings (SSSR count). The lowest BCUT2D eigenvalue weighted by molar-refractivity contribution is -0.115. The summed E-state index contributed by atoms with van der Waals surface area (Å²) in [4.78, 5) is 19.6. The van der Waals surface area contributed by atoms with Crippen molar-refractivity contribution < 1.29 is 4.79 Å². The zero-order chi connectivity index (χ0) is 9.54. The zero-order valence-corrected chi connectivity index (χ0v) is 7.32. The van der Waals surface area contributed by atoms with Crippen LogP contribution in [0, 0.1) is 0 Å². The Morgan fingerprint density at radius 1 is 1.43 bits per heavy atom. The maximum atomic E-state index is 11.1. The summed E-state index contributed by atoms with van der Waals surface area (Å²) >= 11 is 0. The van der Waals surface area contributed by atoms with E-state index in [1.807, 2.05) is 18.2 Å². The first-order valence-corrected chi connectivity index (χ1v) is 4.37. The molecule has 0 aromatic carbocycles. The van der Waals surface area contributed by atoms with Crippen molar-refractivity contribution >= 4 is 22.6 Å². The first kappa shape index (κ1) is 7.44. The van der Waals surface area contributed by atoms with Gasteiger partial charge in [-0.2, -0.15) is 0 Å². The maximum absolute atomic E-state index is 11.1. The fraction of sp³-hybridized carbons (Fsp3) is 0.100. The highest BCUT2D eigenvalue weighted by Gasteiger charge is 2.19. The molecule has 0 aliphatic carbocycles. The molecule has 0 saturated heterocycles. The van der Waals surface area contributed by atoms with E-state index in [2.05, 4.69) is 15.3 Å². The molecule has 1 aliphatic heterocycles. The van der Waals surface area contributed by atoms with E-state index >= 15 is 0 Å². The van der Waals surface area contributed by atoms with Gasteiger partial charge in [0, 0.05) is 11.6 Å². The van der Waals surface area contributed by atoms with Gasteiger partial charge in [-0.3, -0.25) is 4.79 Å². The minimum Gasteiger partial charge on any atom is -0.324 e. The van der Waals surface area contributed by atoms with E-state index in [9.17, 15) is 4.79 Å². The topological polar surface area (TPSA) is 54.9 Å². The molecule has 1 N–H and O–H groups in total. The number of rotatable bonds is 0. The molecule has 3 heterocycles. The summed E-state index contributed by atoms with van der Waals surface area (Å²) < 4.78 is 0. The van der Waals surface area contributed by atoms with E-state index in [1.54, 1.807) is 6.20 Å². The van der Waals surface area contributed by atoms with E-state index in [0.29, 0.717) is 12.1 Å². The van der Waals surface area contributed by atoms with E-state index in [0.717, 1.165) is 16.8 Å². The van der Waals surface area contributed by atoms with Gasteiger partial charge < -0.3 is 5.32 Å². The molecular formula is C10H7N3O. The van der Waals surface area contributed by atoms with Crippen LogP contribution in [-0.2, 0) is 11.2 Å². The van der Waals surface area contributed by atoms with Gasteiger partial charge >= 0.3 is 0 Å². The number of carbonyl (C=O) groups excluding carboxylic acids is 1. The first-order chi connectivity index (χ1) is 6.83. The number of pyridine rings is 2. The summed E-state index contributed by atoms with van der Waals surface area (Å²) in [5.74, 6) is 0.00260. The van der Waals surface area contributed by atoms with Crippen LogP contribution >= 0.6 is 0 Å². The van der Waals surface area contributed by atoms with Gasteiger partial charge in [-0.05, 0) is 18.2 Å². The molecular weight excluding hydrogens is 178 g/mol. The molecule has 2 aromatic rings. The molecule has 0 atom stereocenters. The SMILES string of the molecule is O=C1Cc2nc3ncccc3cc2N1. The van der Waals surface area contributed by atoms with Crippen molar-refractivity contribution in [3.8, 4) is 0 Å². The highest BCUT2D eigenvalue weighted by Crippen LogP contribution is 2.24. The molecule has 1 aliphatic rings. The third-order valence-corrected chi connectivity index (χ3v) is 2.27. The molecule has 2 aromatic heterocycles. The Kier molecular flexibility index (Phi) is 1.33. The lowest BCUT2D eigenvalue weighted by atomic mass is 10.2. The van der Waals surface area contributed by atoms with Crippen LogP contribution in [0.25, 0.3) is 11.0 Å². The van der Waals surface area contributed by atoms with Gasteiger partial charge in [0.15, 0.2) is 5.65 Å². The van der Waals surface area contributed by atoms with Gasteiger partial charge in [0.25, 0.3) is 0 Å². The van der Waals surface area contributed by atoms with Crippen LogP contribution < -0.4 is 5.32 Å². The van der Waals surface area contributed by atoms with Crippen LogP contribution in [-0.4, -0.2) is 15.9 Å². The fourth-order valence-electron chi connectivity index (χ4n) is 1.63. The van der Waals surface area contributed by atoms with Crippen LogP contribution in [0.3, 0.4) is 0 Å². The molecule has 0 bridgehead atoms. The maximum Gasteiger partial charge on any atom is 0.230 e. The molecule has 0 unspecified atom stereocenters. The summed E-state index contributed by atoms with van der Waals surface area (Å²) in [6, 6.07) is 5.70. The van der Waals surface area contributed by atoms with Crippen LogP contribution in [0.15, 0.2) is 24.4 Å². The third kappa shape index (κ3) is 0.970. The van der Waals surface area contributed by atoms with Crippen molar-refractivity contribution in [3.05, 3.63) is 30.1 Å². The van der Waals surface area contributed by atoms with Crippen molar-refractivity contribution in [1.29, 1.82) is 0 Å². The predicted molar refractivity (Wildman–Crippen MR) is 51.9 cm³/mol. The second-order valence-corrected chi connectivity index (χ2v) is 3.26. The Labute approximate surface area is 80.0 Å². The van der Waals surface area contributed by atoms with E-state index < -0.39 is 0 Å². The van der Waals surface area contributed by atoms with Gasteiger partial charge in [-0.1, -0.05) is 0 Å². The Morgan fingerprint density at radius 3 is 3.29 bits per heavy atom. The van der Waals surface area contributed by atoms with Crippen molar-refractivity contribution in [2.24, 2.45) is 0 Å². The number of carbonyl (C=O) groups is 1. The third-order valence-electron chi connectivity index (χ3n) is 2.27. The predicted octanol–water partition coefficient (Wildman–Crippen LogP) is 1.12. The van der Waals surface area contributed by atoms with E-state index in [1.165, 1.54) is 0 Å². The quantitative estimate of drug-likeness (QED) is 0.669. The Balaban J connectivity index is 2.31. The number of amides is 1. The monoisotopic (exact) mass is 185 g/mol. The zero-order valence-electron chi connectivity index (χ0n) is 7.32. The van der Waals surface area contributed by atoms with E-state index in [-0.39, 0.29) is 5.91 Å². The molecule has 0 fully saturated rings. The molecule has 68 valence electrons. The van der Waals surface area contributed by atoms with E-state index in [4.69, 9.17) is 0 Å². The molecule has 4 nitrogen and oxygen atoms in total. The fourth-order valence-corrected chi connectivity index (χ4v) is 1.63. The van der Waals surface area contributed by atoms with Crippen LogP contribution in [0.1, 0.15) is 5.69 Å². The second-order valence-electron chi connectivity index (χ2n) is 3.26. The van der Waals surface area contributed by atoms with Gasteiger partial charge in [0.2, 0.25) is 5.91 Å². The number of aromatic nitrogens is 2. The molecule has 0 spiro atoms. The lowest BCUT2D eigenvalue weighted by Crippen LogP contribution is -2.03. The summed E-state index contributed by atoms with van der Waals surface area (Å²) in [5, 5.41) is 3.71. The van der Waals surface area contributed by atoms with Gasteiger partial charge in [0.1, 0.15) is 0 Å². The van der Waals surface area contributed by atoms with Crippen LogP contribution in [0.2, 0.25) is 0 Å². The average molecular weight is 185 g/mol. The first-order valence-electron chi connectivity index (χ1n) is 4.37. The van der Waals surface area contributed by atoms with Gasteiger partial charge in [0.05, 0.1) is 17.8 Å². The van der Waals surface area contributed by atoms with Gasteiger partial charge in [-0.15, -0.1) is 0 Å². The number of nitrogens with one attached hydrogen (secondary N) is 1.